The molecule has 0 aliphatic carbocycles. The summed E-state index contributed by atoms with van der Waals surface area (Å²) in [6, 6.07) is 0.339. The largest absolute Gasteiger partial charge is 0.354 e. The van der Waals surface area contributed by atoms with Gasteiger partial charge >= 0.3 is 0 Å². The molecule has 0 saturated carbocycles. The normalized spacial score (nSPS) is 15.9. The second-order valence-electron chi connectivity index (χ2n) is 5.29. The first-order chi connectivity index (χ1) is 6.79. The lowest BCUT2D eigenvalue weighted by Crippen LogP contribution is -2.43. The van der Waals surface area contributed by atoms with Crippen molar-refractivity contribution in [1.29, 1.82) is 0 Å². The quantitative estimate of drug-likeness (QED) is 0.732. The van der Waals surface area contributed by atoms with E-state index in [1.807, 2.05) is 6.92 Å². The molecule has 0 bridgehead atoms. The molecule has 3 heteroatoms. The number of nitrogens with one attached hydrogen (secondary N) is 2. The minimum Gasteiger partial charge on any atom is -0.354 e. The molecule has 0 saturated heterocycles. The lowest BCUT2D eigenvalue weighted by atomic mass is 9.81. The number of rotatable bonds is 5. The number of carbonyl (C=O) groups excluding carboxylic acids is 1. The number of amides is 1. The molecule has 90 valence electrons. The van der Waals surface area contributed by atoms with Crippen molar-refractivity contribution in [1.82, 2.24) is 10.6 Å². The van der Waals surface area contributed by atoms with E-state index in [9.17, 15) is 4.79 Å². The van der Waals surface area contributed by atoms with E-state index in [-0.39, 0.29) is 17.2 Å². The third-order valence-corrected chi connectivity index (χ3v) is 2.83. The van der Waals surface area contributed by atoms with Crippen LogP contribution in [0.3, 0.4) is 0 Å². The van der Waals surface area contributed by atoms with Gasteiger partial charge in [0.1, 0.15) is 0 Å². The van der Waals surface area contributed by atoms with Gasteiger partial charge < -0.3 is 10.6 Å². The summed E-state index contributed by atoms with van der Waals surface area (Å²) >= 11 is 0. The topological polar surface area (TPSA) is 41.1 Å². The molecule has 0 heterocycles. The lowest BCUT2D eigenvalue weighted by Gasteiger charge is -2.26. The van der Waals surface area contributed by atoms with Crippen LogP contribution in [0.25, 0.3) is 0 Å². The molecule has 0 aromatic carbocycles. The summed E-state index contributed by atoms with van der Waals surface area (Å²) < 4.78 is 0. The monoisotopic (exact) mass is 214 g/mol. The Hall–Kier alpha value is -0.570. The van der Waals surface area contributed by atoms with Crippen LogP contribution < -0.4 is 10.6 Å². The Labute approximate surface area is 94.0 Å². The molecular formula is C12H26N2O. The second-order valence-corrected chi connectivity index (χ2v) is 5.29. The molecular weight excluding hydrogens is 188 g/mol. The zero-order chi connectivity index (χ0) is 12.1. The van der Waals surface area contributed by atoms with E-state index in [0.29, 0.717) is 12.6 Å². The third-order valence-electron chi connectivity index (χ3n) is 2.83. The van der Waals surface area contributed by atoms with Crippen LogP contribution >= 0.6 is 0 Å². The van der Waals surface area contributed by atoms with Crippen LogP contribution in [0.4, 0.5) is 0 Å². The van der Waals surface area contributed by atoms with Crippen LogP contribution in [-0.2, 0) is 4.79 Å². The number of likely N-dealkylation sites (N-methyl/N-ethyl adjacent to an activating group) is 1. The maximum Gasteiger partial charge on any atom is 0.223 e. The Morgan fingerprint density at radius 1 is 1.27 bits per heavy atom. The molecule has 3 nitrogen and oxygen atoms in total. The maximum atomic E-state index is 11.8. The number of hydrogen-bond acceptors (Lipinski definition) is 2. The van der Waals surface area contributed by atoms with Crippen molar-refractivity contribution < 1.29 is 4.79 Å². The first-order valence-electron chi connectivity index (χ1n) is 5.80. The van der Waals surface area contributed by atoms with Crippen LogP contribution in [0.2, 0.25) is 0 Å². The molecule has 0 aliphatic rings. The third kappa shape index (κ3) is 5.78. The van der Waals surface area contributed by atoms with E-state index >= 15 is 0 Å². The summed E-state index contributed by atoms with van der Waals surface area (Å²) in [6.45, 7) is 14.0. The summed E-state index contributed by atoms with van der Waals surface area (Å²) in [7, 11) is 0. The number of hydrogen-bond donors (Lipinski definition) is 2. The molecule has 0 fully saturated rings. The number of carbonyl (C=O) groups is 1. The average molecular weight is 214 g/mol. The van der Waals surface area contributed by atoms with E-state index in [1.54, 1.807) is 0 Å². The minimum absolute atomic E-state index is 0.0332. The standard InChI is InChI=1S/C12H26N2O/c1-7-13-9(2)8-14-11(15)10(3)12(4,5)6/h9-10,13H,7-8H2,1-6H3,(H,14,15)/t9-,10?/m1/s1. The summed E-state index contributed by atoms with van der Waals surface area (Å²) in [5.74, 6) is 0.193. The van der Waals surface area contributed by atoms with Crippen molar-refractivity contribution in [2.75, 3.05) is 13.1 Å². The zero-order valence-corrected chi connectivity index (χ0v) is 11.0. The Bertz CT molecular complexity index is 196. The van der Waals surface area contributed by atoms with Crippen LogP contribution in [0.1, 0.15) is 41.5 Å². The van der Waals surface area contributed by atoms with E-state index in [1.165, 1.54) is 0 Å². The van der Waals surface area contributed by atoms with E-state index in [2.05, 4.69) is 45.3 Å². The molecule has 0 aromatic heterocycles. The molecule has 1 amide bonds. The van der Waals surface area contributed by atoms with E-state index < -0.39 is 0 Å². The summed E-state index contributed by atoms with van der Waals surface area (Å²) in [5.41, 5.74) is 0.0332. The Morgan fingerprint density at radius 2 is 1.80 bits per heavy atom. The summed E-state index contributed by atoms with van der Waals surface area (Å²) in [4.78, 5) is 11.8. The predicted octanol–water partition coefficient (Wildman–Crippen LogP) is 1.78. The zero-order valence-electron chi connectivity index (χ0n) is 11.0. The highest BCUT2D eigenvalue weighted by Crippen LogP contribution is 2.25. The molecule has 0 spiro atoms. The summed E-state index contributed by atoms with van der Waals surface area (Å²) in [6.07, 6.45) is 0. The Balaban J connectivity index is 3.94. The van der Waals surface area contributed by atoms with Crippen LogP contribution in [-0.4, -0.2) is 25.0 Å². The van der Waals surface area contributed by atoms with Gasteiger partial charge in [0.15, 0.2) is 0 Å². The molecule has 1 unspecified atom stereocenters. The first kappa shape index (κ1) is 14.4. The van der Waals surface area contributed by atoms with Crippen LogP contribution in [0.15, 0.2) is 0 Å². The van der Waals surface area contributed by atoms with E-state index in [0.717, 1.165) is 6.54 Å². The Morgan fingerprint density at radius 3 is 2.20 bits per heavy atom. The summed E-state index contributed by atoms with van der Waals surface area (Å²) in [5, 5.41) is 6.24. The van der Waals surface area contributed by atoms with Gasteiger partial charge in [0.2, 0.25) is 5.91 Å². The van der Waals surface area contributed by atoms with Crippen molar-refractivity contribution >= 4 is 5.91 Å². The van der Waals surface area contributed by atoms with Gasteiger partial charge in [-0.2, -0.15) is 0 Å². The lowest BCUT2D eigenvalue weighted by molar-refractivity contribution is -0.127. The molecule has 0 aliphatic heterocycles. The highest BCUT2D eigenvalue weighted by Gasteiger charge is 2.26. The van der Waals surface area contributed by atoms with Gasteiger partial charge in [0.25, 0.3) is 0 Å². The van der Waals surface area contributed by atoms with Gasteiger partial charge in [-0.3, -0.25) is 4.79 Å². The van der Waals surface area contributed by atoms with Crippen molar-refractivity contribution in [3.63, 3.8) is 0 Å². The Kier molecular flexibility index (Phi) is 5.88. The van der Waals surface area contributed by atoms with Gasteiger partial charge in [-0.1, -0.05) is 34.6 Å². The van der Waals surface area contributed by atoms with Crippen molar-refractivity contribution in [2.24, 2.45) is 11.3 Å². The van der Waals surface area contributed by atoms with Gasteiger partial charge in [-0.15, -0.1) is 0 Å². The van der Waals surface area contributed by atoms with Gasteiger partial charge in [0, 0.05) is 18.5 Å². The van der Waals surface area contributed by atoms with Gasteiger partial charge in [-0.05, 0) is 18.9 Å². The highest BCUT2D eigenvalue weighted by molar-refractivity contribution is 5.78. The fourth-order valence-electron chi connectivity index (χ4n) is 1.22. The van der Waals surface area contributed by atoms with Crippen molar-refractivity contribution in [2.45, 2.75) is 47.6 Å². The highest BCUT2D eigenvalue weighted by atomic mass is 16.1. The van der Waals surface area contributed by atoms with E-state index in [4.69, 9.17) is 0 Å². The fraction of sp³-hybridized carbons (Fsp3) is 0.917. The molecule has 0 radical (unpaired) electrons. The molecule has 15 heavy (non-hydrogen) atoms. The molecule has 2 N–H and O–H groups in total. The van der Waals surface area contributed by atoms with Gasteiger partial charge in [0.05, 0.1) is 0 Å². The average Bonchev–Trinajstić information content (AvgIpc) is 2.12. The molecule has 2 atom stereocenters. The predicted molar refractivity (Wildman–Crippen MR) is 64.8 cm³/mol. The SMILES string of the molecule is CCN[C@H](C)CNC(=O)C(C)C(C)(C)C. The first-order valence-corrected chi connectivity index (χ1v) is 5.80. The minimum atomic E-state index is 0.0332. The molecule has 0 aromatic rings. The maximum absolute atomic E-state index is 11.8. The van der Waals surface area contributed by atoms with Gasteiger partial charge in [-0.25, -0.2) is 0 Å². The fourth-order valence-corrected chi connectivity index (χ4v) is 1.22. The van der Waals surface area contributed by atoms with Crippen molar-refractivity contribution in [3.8, 4) is 0 Å². The van der Waals surface area contributed by atoms with Crippen LogP contribution in [0, 0.1) is 11.3 Å². The molecule has 0 rings (SSSR count). The van der Waals surface area contributed by atoms with Crippen LogP contribution in [0.5, 0.6) is 0 Å². The second kappa shape index (κ2) is 6.11. The smallest absolute Gasteiger partial charge is 0.223 e. The van der Waals surface area contributed by atoms with Crippen molar-refractivity contribution in [3.05, 3.63) is 0 Å².